The minimum Gasteiger partial charge on any atom is -0.497 e. The van der Waals surface area contributed by atoms with Crippen LogP contribution in [0.4, 0.5) is 11.4 Å². The largest absolute Gasteiger partial charge is 0.497 e. The fraction of sp³-hybridized carbons (Fsp3) is 0.273. The number of rotatable bonds is 9. The first-order valence-corrected chi connectivity index (χ1v) is 9.17. The summed E-state index contributed by atoms with van der Waals surface area (Å²) >= 11 is 0. The van der Waals surface area contributed by atoms with E-state index in [0.717, 1.165) is 0 Å². The number of esters is 2. The number of benzene rings is 2. The van der Waals surface area contributed by atoms with Gasteiger partial charge >= 0.3 is 11.9 Å². The Morgan fingerprint density at radius 2 is 1.14 bits per heavy atom. The smallest absolute Gasteiger partial charge is 0.347 e. The van der Waals surface area contributed by atoms with E-state index >= 15 is 0 Å². The number of hydrogen-bond donors (Lipinski definition) is 0. The average Bonchev–Trinajstić information content (AvgIpc) is 2.75. The molecule has 0 heterocycles. The van der Waals surface area contributed by atoms with Gasteiger partial charge < -0.3 is 23.8 Å². The van der Waals surface area contributed by atoms with Gasteiger partial charge in [0.25, 0.3) is 0 Å². The molecule has 0 bridgehead atoms. The molecule has 0 saturated heterocycles. The third-order valence-corrected chi connectivity index (χ3v) is 3.95. The molecule has 0 aliphatic heterocycles. The number of ether oxygens (including phenoxy) is 4. The second kappa shape index (κ2) is 10.8. The number of anilines is 2. The summed E-state index contributed by atoms with van der Waals surface area (Å²) in [6, 6.07) is 14.4. The third-order valence-electron chi connectivity index (χ3n) is 3.95. The minimum atomic E-state index is -0.752. The van der Waals surface area contributed by atoms with Crippen LogP contribution in [0, 0.1) is 0 Å². The van der Waals surface area contributed by atoms with E-state index in [1.807, 2.05) is 24.3 Å². The fourth-order valence-corrected chi connectivity index (χ4v) is 2.52. The molecule has 29 heavy (non-hydrogen) atoms. The maximum atomic E-state index is 12.4. The molecule has 0 N–H and O–H groups in total. The summed E-state index contributed by atoms with van der Waals surface area (Å²) < 4.78 is 20.5. The van der Waals surface area contributed by atoms with Crippen LogP contribution >= 0.6 is 0 Å². The number of methoxy groups -OCH3 is 2. The van der Waals surface area contributed by atoms with Crippen LogP contribution < -0.4 is 14.4 Å². The summed E-state index contributed by atoms with van der Waals surface area (Å²) in [5.74, 6) is -0.136. The molecular weight excluding hydrogens is 374 g/mol. The molecule has 2 aromatic rings. The van der Waals surface area contributed by atoms with E-state index < -0.39 is 11.9 Å². The van der Waals surface area contributed by atoms with Crippen LogP contribution in [-0.2, 0) is 19.1 Å². The number of nitrogens with zero attached hydrogens (tertiary/aromatic N) is 1. The van der Waals surface area contributed by atoms with Crippen LogP contribution in [0.1, 0.15) is 13.8 Å². The molecule has 0 amide bonds. The Morgan fingerprint density at radius 1 is 0.759 bits per heavy atom. The highest BCUT2D eigenvalue weighted by Crippen LogP contribution is 2.30. The van der Waals surface area contributed by atoms with E-state index in [-0.39, 0.29) is 18.8 Å². The SMILES string of the molecule is CCOC(=O)C(=CN(c1ccc(OC)cc1)c1ccc(OC)cc1)C(=O)OCC. The Kier molecular flexibility index (Phi) is 8.09. The molecule has 0 aromatic heterocycles. The highest BCUT2D eigenvalue weighted by atomic mass is 16.6. The molecule has 2 aromatic carbocycles. The summed E-state index contributed by atoms with van der Waals surface area (Å²) in [5.41, 5.74) is 1.21. The van der Waals surface area contributed by atoms with E-state index in [0.29, 0.717) is 22.9 Å². The minimum absolute atomic E-state index is 0.140. The molecule has 0 aliphatic carbocycles. The second-order valence-corrected chi connectivity index (χ2v) is 5.75. The summed E-state index contributed by atoms with van der Waals surface area (Å²) in [4.78, 5) is 26.5. The Morgan fingerprint density at radius 3 is 1.45 bits per heavy atom. The van der Waals surface area contributed by atoms with Crippen molar-refractivity contribution in [1.29, 1.82) is 0 Å². The van der Waals surface area contributed by atoms with E-state index in [9.17, 15) is 9.59 Å². The zero-order chi connectivity index (χ0) is 21.2. The Labute approximate surface area is 170 Å². The molecule has 7 nitrogen and oxygen atoms in total. The van der Waals surface area contributed by atoms with Gasteiger partial charge in [-0.25, -0.2) is 9.59 Å². The van der Waals surface area contributed by atoms with Crippen LogP contribution in [0.2, 0.25) is 0 Å². The summed E-state index contributed by atoms with van der Waals surface area (Å²) in [6.07, 6.45) is 1.42. The molecule has 0 aliphatic rings. The zero-order valence-corrected chi connectivity index (χ0v) is 17.0. The quantitative estimate of drug-likeness (QED) is 0.274. The van der Waals surface area contributed by atoms with Crippen LogP contribution in [0.5, 0.6) is 11.5 Å². The first kappa shape index (κ1) is 21.8. The van der Waals surface area contributed by atoms with Crippen LogP contribution in [0.3, 0.4) is 0 Å². The molecule has 0 radical (unpaired) electrons. The van der Waals surface area contributed by atoms with Gasteiger partial charge in [-0.15, -0.1) is 0 Å². The van der Waals surface area contributed by atoms with Crippen molar-refractivity contribution in [2.24, 2.45) is 0 Å². The van der Waals surface area contributed by atoms with Crippen molar-refractivity contribution in [3.05, 3.63) is 60.3 Å². The Hall–Kier alpha value is -3.48. The zero-order valence-electron chi connectivity index (χ0n) is 17.0. The lowest BCUT2D eigenvalue weighted by Crippen LogP contribution is -2.22. The first-order chi connectivity index (χ1) is 14.0. The predicted molar refractivity (Wildman–Crippen MR) is 109 cm³/mol. The highest BCUT2D eigenvalue weighted by Gasteiger charge is 2.23. The molecule has 154 valence electrons. The molecule has 0 atom stereocenters. The number of hydrogen-bond acceptors (Lipinski definition) is 7. The van der Waals surface area contributed by atoms with Crippen molar-refractivity contribution < 1.29 is 28.5 Å². The summed E-state index contributed by atoms with van der Waals surface area (Å²) in [6.45, 7) is 3.62. The molecule has 2 rings (SSSR count). The van der Waals surface area contributed by atoms with E-state index in [2.05, 4.69) is 0 Å². The van der Waals surface area contributed by atoms with Crippen molar-refractivity contribution >= 4 is 23.3 Å². The van der Waals surface area contributed by atoms with Crippen molar-refractivity contribution in [2.45, 2.75) is 13.8 Å². The van der Waals surface area contributed by atoms with E-state index in [1.54, 1.807) is 57.2 Å². The van der Waals surface area contributed by atoms with Gasteiger partial charge in [0, 0.05) is 17.6 Å². The molecule has 0 unspecified atom stereocenters. The predicted octanol–water partition coefficient (Wildman–Crippen LogP) is 3.85. The van der Waals surface area contributed by atoms with Gasteiger partial charge in [-0.05, 0) is 62.4 Å². The van der Waals surface area contributed by atoms with Crippen molar-refractivity contribution in [1.82, 2.24) is 0 Å². The maximum absolute atomic E-state index is 12.4. The summed E-state index contributed by atoms with van der Waals surface area (Å²) in [7, 11) is 3.16. The third kappa shape index (κ3) is 5.75. The van der Waals surface area contributed by atoms with Gasteiger partial charge in [0.2, 0.25) is 0 Å². The topological polar surface area (TPSA) is 74.3 Å². The van der Waals surface area contributed by atoms with Gasteiger partial charge in [-0.2, -0.15) is 0 Å². The fourth-order valence-electron chi connectivity index (χ4n) is 2.52. The van der Waals surface area contributed by atoms with E-state index in [1.165, 1.54) is 6.20 Å². The lowest BCUT2D eigenvalue weighted by atomic mass is 10.2. The molecular formula is C22H25NO6. The Bertz CT molecular complexity index is 775. The number of carbonyl (C=O) groups is 2. The van der Waals surface area contributed by atoms with Gasteiger partial charge in [0.05, 0.1) is 27.4 Å². The van der Waals surface area contributed by atoms with Gasteiger partial charge in [0.1, 0.15) is 11.5 Å². The normalized spacial score (nSPS) is 9.93. The average molecular weight is 399 g/mol. The van der Waals surface area contributed by atoms with Crippen molar-refractivity contribution in [3.63, 3.8) is 0 Å². The summed E-state index contributed by atoms with van der Waals surface area (Å²) in [5, 5.41) is 0. The Balaban J connectivity index is 2.56. The highest BCUT2D eigenvalue weighted by molar-refractivity contribution is 6.14. The number of carbonyl (C=O) groups excluding carboxylic acids is 2. The molecule has 0 saturated carbocycles. The standard InChI is InChI=1S/C22H25NO6/c1-5-28-21(24)20(22(25)29-6-2)15-23(16-7-11-18(26-3)12-8-16)17-9-13-19(27-4)14-10-17/h7-15H,5-6H2,1-4H3. The maximum Gasteiger partial charge on any atom is 0.347 e. The van der Waals surface area contributed by atoms with Gasteiger partial charge in [-0.3, -0.25) is 0 Å². The van der Waals surface area contributed by atoms with Crippen LogP contribution in [0.25, 0.3) is 0 Å². The second-order valence-electron chi connectivity index (χ2n) is 5.75. The lowest BCUT2D eigenvalue weighted by molar-refractivity contribution is -0.146. The molecule has 0 spiro atoms. The van der Waals surface area contributed by atoms with Gasteiger partial charge in [0.15, 0.2) is 5.57 Å². The van der Waals surface area contributed by atoms with Crippen LogP contribution in [-0.4, -0.2) is 39.4 Å². The molecule has 0 fully saturated rings. The molecule has 7 heteroatoms. The van der Waals surface area contributed by atoms with E-state index in [4.69, 9.17) is 18.9 Å². The first-order valence-electron chi connectivity index (χ1n) is 9.17. The lowest BCUT2D eigenvalue weighted by Gasteiger charge is -2.22. The van der Waals surface area contributed by atoms with Crippen molar-refractivity contribution in [2.75, 3.05) is 32.3 Å². The van der Waals surface area contributed by atoms with Gasteiger partial charge in [-0.1, -0.05) is 0 Å². The van der Waals surface area contributed by atoms with Crippen LogP contribution in [0.15, 0.2) is 60.3 Å². The monoisotopic (exact) mass is 399 g/mol. The van der Waals surface area contributed by atoms with Crippen molar-refractivity contribution in [3.8, 4) is 11.5 Å².